The minimum atomic E-state index is 0.613. The van der Waals surface area contributed by atoms with Crippen LogP contribution in [0.1, 0.15) is 40.0 Å². The van der Waals surface area contributed by atoms with E-state index in [4.69, 9.17) is 0 Å². The van der Waals surface area contributed by atoms with E-state index in [1.54, 1.807) is 0 Å². The summed E-state index contributed by atoms with van der Waals surface area (Å²) in [4.78, 5) is 0. The minimum Gasteiger partial charge on any atom is -0.316 e. The van der Waals surface area contributed by atoms with E-state index in [2.05, 4.69) is 32.7 Å². The largest absolute Gasteiger partial charge is 0.316 e. The maximum Gasteiger partial charge on any atom is 0.0127 e. The third-order valence-electron chi connectivity index (χ3n) is 2.37. The van der Waals surface area contributed by atoms with E-state index in [0.29, 0.717) is 6.04 Å². The molecule has 0 saturated heterocycles. The molecule has 0 amide bonds. The molecule has 0 fully saturated rings. The Morgan fingerprint density at radius 1 is 1.50 bits per heavy atom. The van der Waals surface area contributed by atoms with Crippen molar-refractivity contribution in [3.63, 3.8) is 0 Å². The molecule has 2 atom stereocenters. The van der Waals surface area contributed by atoms with Gasteiger partial charge in [-0.2, -0.15) is 0 Å². The van der Waals surface area contributed by atoms with E-state index in [1.807, 2.05) is 7.05 Å². The molecule has 0 rings (SSSR count). The maximum absolute atomic E-state index is 3.95. The molecule has 0 aliphatic rings. The lowest BCUT2D eigenvalue weighted by atomic mass is 9.92. The molecule has 0 spiro atoms. The summed E-state index contributed by atoms with van der Waals surface area (Å²) in [5.74, 6) is 0.761. The quantitative estimate of drug-likeness (QED) is 0.603. The number of rotatable bonds is 6. The van der Waals surface area contributed by atoms with Gasteiger partial charge in [-0.15, -0.1) is 6.58 Å². The predicted molar refractivity (Wildman–Crippen MR) is 56.4 cm³/mol. The summed E-state index contributed by atoms with van der Waals surface area (Å²) in [6, 6.07) is 0.613. The number of hydrogen-bond donors (Lipinski definition) is 1. The van der Waals surface area contributed by atoms with Crippen molar-refractivity contribution in [3.05, 3.63) is 12.2 Å². The highest BCUT2D eigenvalue weighted by molar-refractivity contribution is 4.93. The first kappa shape index (κ1) is 11.7. The van der Waals surface area contributed by atoms with Gasteiger partial charge in [0.2, 0.25) is 0 Å². The second kappa shape index (κ2) is 6.24. The standard InChI is InChI=1S/C11H23N/c1-6-7-10(4)11(12-5)8-9(2)3/h10-12H,2,6-8H2,1,3-5H3. The predicted octanol–water partition coefficient (Wildman–Crippen LogP) is 2.98. The second-order valence-electron chi connectivity index (χ2n) is 3.82. The van der Waals surface area contributed by atoms with E-state index >= 15 is 0 Å². The van der Waals surface area contributed by atoms with Crippen LogP contribution >= 0.6 is 0 Å². The fourth-order valence-electron chi connectivity index (χ4n) is 1.62. The first-order valence-corrected chi connectivity index (χ1v) is 4.93. The van der Waals surface area contributed by atoms with E-state index in [0.717, 1.165) is 12.3 Å². The molecule has 72 valence electrons. The molecule has 0 bridgehead atoms. The first-order chi connectivity index (χ1) is 5.61. The summed E-state index contributed by atoms with van der Waals surface area (Å²) in [6.45, 7) is 10.6. The van der Waals surface area contributed by atoms with Crippen molar-refractivity contribution < 1.29 is 0 Å². The van der Waals surface area contributed by atoms with Crippen molar-refractivity contribution in [2.45, 2.75) is 46.1 Å². The Labute approximate surface area is 77.2 Å². The van der Waals surface area contributed by atoms with Gasteiger partial charge in [-0.1, -0.05) is 25.8 Å². The van der Waals surface area contributed by atoms with E-state index < -0.39 is 0 Å². The molecular formula is C11H23N. The normalized spacial score (nSPS) is 15.7. The number of nitrogens with one attached hydrogen (secondary N) is 1. The van der Waals surface area contributed by atoms with Crippen molar-refractivity contribution >= 4 is 0 Å². The third-order valence-corrected chi connectivity index (χ3v) is 2.37. The van der Waals surface area contributed by atoms with Gasteiger partial charge in [0, 0.05) is 6.04 Å². The molecule has 2 unspecified atom stereocenters. The Hall–Kier alpha value is -0.300. The fourth-order valence-corrected chi connectivity index (χ4v) is 1.62. The van der Waals surface area contributed by atoms with E-state index in [1.165, 1.54) is 18.4 Å². The van der Waals surface area contributed by atoms with Crippen molar-refractivity contribution in [2.75, 3.05) is 7.05 Å². The summed E-state index contributed by atoms with van der Waals surface area (Å²) >= 11 is 0. The lowest BCUT2D eigenvalue weighted by molar-refractivity contribution is 0.371. The molecule has 0 aromatic heterocycles. The average molecular weight is 169 g/mol. The molecule has 0 radical (unpaired) electrons. The summed E-state index contributed by atoms with van der Waals surface area (Å²) in [5.41, 5.74) is 1.28. The maximum atomic E-state index is 3.95. The molecule has 0 saturated carbocycles. The highest BCUT2D eigenvalue weighted by atomic mass is 14.9. The van der Waals surface area contributed by atoms with Gasteiger partial charge in [0.15, 0.2) is 0 Å². The smallest absolute Gasteiger partial charge is 0.0127 e. The van der Waals surface area contributed by atoms with E-state index in [9.17, 15) is 0 Å². The van der Waals surface area contributed by atoms with Crippen LogP contribution in [-0.4, -0.2) is 13.1 Å². The van der Waals surface area contributed by atoms with Gasteiger partial charge in [0.25, 0.3) is 0 Å². The van der Waals surface area contributed by atoms with Crippen LogP contribution in [-0.2, 0) is 0 Å². The Kier molecular flexibility index (Phi) is 6.09. The molecule has 1 nitrogen and oxygen atoms in total. The lowest BCUT2D eigenvalue weighted by Gasteiger charge is -2.23. The van der Waals surface area contributed by atoms with Crippen LogP contribution in [0.4, 0.5) is 0 Å². The summed E-state index contributed by atoms with van der Waals surface area (Å²) in [5, 5.41) is 3.36. The third kappa shape index (κ3) is 4.55. The summed E-state index contributed by atoms with van der Waals surface area (Å²) in [6.07, 6.45) is 3.69. The summed E-state index contributed by atoms with van der Waals surface area (Å²) in [7, 11) is 2.04. The Morgan fingerprint density at radius 3 is 2.42 bits per heavy atom. The second-order valence-corrected chi connectivity index (χ2v) is 3.82. The lowest BCUT2D eigenvalue weighted by Crippen LogP contribution is -2.32. The Morgan fingerprint density at radius 2 is 2.08 bits per heavy atom. The van der Waals surface area contributed by atoms with Crippen LogP contribution in [0.5, 0.6) is 0 Å². The molecule has 0 aliphatic heterocycles. The first-order valence-electron chi connectivity index (χ1n) is 4.93. The topological polar surface area (TPSA) is 12.0 Å². The van der Waals surface area contributed by atoms with Crippen molar-refractivity contribution in [3.8, 4) is 0 Å². The van der Waals surface area contributed by atoms with Crippen LogP contribution in [0.3, 0.4) is 0 Å². The molecule has 0 aromatic rings. The molecule has 1 heteroatoms. The van der Waals surface area contributed by atoms with Crippen LogP contribution < -0.4 is 5.32 Å². The molecule has 0 aromatic carbocycles. The zero-order valence-corrected chi connectivity index (χ0v) is 8.98. The van der Waals surface area contributed by atoms with Crippen LogP contribution in [0.2, 0.25) is 0 Å². The Bertz CT molecular complexity index is 129. The summed E-state index contributed by atoms with van der Waals surface area (Å²) < 4.78 is 0. The van der Waals surface area contributed by atoms with Crippen LogP contribution in [0.25, 0.3) is 0 Å². The zero-order valence-electron chi connectivity index (χ0n) is 8.98. The fraction of sp³-hybridized carbons (Fsp3) is 0.818. The average Bonchev–Trinajstić information content (AvgIpc) is 2.00. The van der Waals surface area contributed by atoms with Gasteiger partial charge >= 0.3 is 0 Å². The highest BCUT2D eigenvalue weighted by Gasteiger charge is 2.13. The van der Waals surface area contributed by atoms with Crippen LogP contribution in [0.15, 0.2) is 12.2 Å². The molecule has 0 heterocycles. The highest BCUT2D eigenvalue weighted by Crippen LogP contribution is 2.15. The SMILES string of the molecule is C=C(C)CC(NC)C(C)CCC. The van der Waals surface area contributed by atoms with Crippen molar-refractivity contribution in [1.29, 1.82) is 0 Å². The van der Waals surface area contributed by atoms with Gasteiger partial charge in [-0.3, -0.25) is 0 Å². The molecule has 12 heavy (non-hydrogen) atoms. The molecule has 0 aliphatic carbocycles. The van der Waals surface area contributed by atoms with Crippen molar-refractivity contribution in [1.82, 2.24) is 5.32 Å². The van der Waals surface area contributed by atoms with Gasteiger partial charge < -0.3 is 5.32 Å². The van der Waals surface area contributed by atoms with Crippen molar-refractivity contribution in [2.24, 2.45) is 5.92 Å². The van der Waals surface area contributed by atoms with E-state index in [-0.39, 0.29) is 0 Å². The molecule has 1 N–H and O–H groups in total. The van der Waals surface area contributed by atoms with Gasteiger partial charge in [-0.05, 0) is 32.7 Å². The minimum absolute atomic E-state index is 0.613. The van der Waals surface area contributed by atoms with Gasteiger partial charge in [0.1, 0.15) is 0 Å². The number of hydrogen-bond acceptors (Lipinski definition) is 1. The zero-order chi connectivity index (χ0) is 9.56. The van der Waals surface area contributed by atoms with Gasteiger partial charge in [-0.25, -0.2) is 0 Å². The van der Waals surface area contributed by atoms with Crippen LogP contribution in [0, 0.1) is 5.92 Å². The van der Waals surface area contributed by atoms with Gasteiger partial charge in [0.05, 0.1) is 0 Å². The Balaban J connectivity index is 3.86. The molecular weight excluding hydrogens is 146 g/mol. The monoisotopic (exact) mass is 169 g/mol.